The molecule has 0 aliphatic carbocycles. The molecule has 8 heteroatoms. The first-order chi connectivity index (χ1) is 37.6. The lowest BCUT2D eigenvalue weighted by Gasteiger charge is -2.16. The van der Waals surface area contributed by atoms with Gasteiger partial charge in [-0.1, -0.05) is 97.1 Å². The van der Waals surface area contributed by atoms with Crippen LogP contribution in [0.3, 0.4) is 0 Å². The third-order valence-corrected chi connectivity index (χ3v) is 15.8. The van der Waals surface area contributed by atoms with Crippen LogP contribution in [0.2, 0.25) is 0 Å². The zero-order valence-corrected chi connectivity index (χ0v) is 40.1. The van der Waals surface area contributed by atoms with Gasteiger partial charge in [-0.15, -0.1) is 0 Å². The van der Waals surface area contributed by atoms with Gasteiger partial charge in [0.25, 0.3) is 0 Å². The molecule has 17 aromatic rings. The molecule has 0 atom stereocenters. The minimum Gasteiger partial charge on any atom is -0.456 e. The number of para-hydroxylation sites is 4. The van der Waals surface area contributed by atoms with Crippen molar-refractivity contribution in [2.75, 3.05) is 0 Å². The van der Waals surface area contributed by atoms with Crippen molar-refractivity contribution in [3.8, 4) is 45.8 Å². The number of aromatic nitrogens is 2. The molecule has 0 N–H and O–H groups in total. The Kier molecular flexibility index (Phi) is 7.99. The SMILES string of the molecule is N#Cc1cc(-n2c3ccc(-c4ccc5c(c4)oc4ccccc45)cc3c3c4oc5ccccc5c4ccc32)cc(-n2c3ccc(-c4ccc5c(c4)oc4ccccc45)cc3c3c4oc5ccccc5c4ccc32)c1C#N. The van der Waals surface area contributed by atoms with Gasteiger partial charge in [0.2, 0.25) is 0 Å². The van der Waals surface area contributed by atoms with E-state index in [1.165, 1.54) is 0 Å². The molecular weight excluding hydrogens is 937 g/mol. The molecule has 0 saturated heterocycles. The third-order valence-electron chi connectivity index (χ3n) is 15.8. The van der Waals surface area contributed by atoms with Crippen LogP contribution in [0.25, 0.3) is 165 Å². The molecule has 0 bridgehead atoms. The maximum atomic E-state index is 11.2. The smallest absolute Gasteiger partial charge is 0.145 e. The fourth-order valence-corrected chi connectivity index (χ4v) is 12.4. The molecule has 0 fully saturated rings. The topological polar surface area (TPSA) is 110 Å². The number of nitrogens with zero attached hydrogens (tertiary/aromatic N) is 4. The van der Waals surface area contributed by atoms with E-state index >= 15 is 0 Å². The summed E-state index contributed by atoms with van der Waals surface area (Å²) in [6.07, 6.45) is 0. The first kappa shape index (κ1) is 40.8. The van der Waals surface area contributed by atoms with E-state index in [9.17, 15) is 10.5 Å². The number of rotatable bonds is 4. The van der Waals surface area contributed by atoms with E-state index in [1.54, 1.807) is 0 Å². The van der Waals surface area contributed by atoms with Crippen LogP contribution in [-0.4, -0.2) is 9.13 Å². The standard InChI is InChI=1S/C68H34N4O4/c69-35-41-29-42(71-54-25-19-37(39-17-21-47-43-9-1-5-13-59(43)73-63(47)32-39)30-51(54)65-56(71)27-23-49-45-11-3-7-15-61(45)75-67(49)65)34-58(53(41)36-70)72-55-26-20-38(40-18-22-48-44-10-2-6-14-60(44)74-64(48)33-40)31-52(55)66-57(72)28-24-50-46-12-4-8-16-62(46)76-68(50)66/h1-34H. The van der Waals surface area contributed by atoms with Crippen molar-refractivity contribution in [3.05, 3.63) is 217 Å². The number of hydrogen-bond acceptors (Lipinski definition) is 6. The normalized spacial score (nSPS) is 12.2. The van der Waals surface area contributed by atoms with Crippen LogP contribution >= 0.6 is 0 Å². The van der Waals surface area contributed by atoms with Crippen LogP contribution in [0, 0.1) is 22.7 Å². The summed E-state index contributed by atoms with van der Waals surface area (Å²) in [6.45, 7) is 0. The number of hydrogen-bond donors (Lipinski definition) is 0. The van der Waals surface area contributed by atoms with Crippen LogP contribution in [-0.2, 0) is 0 Å². The van der Waals surface area contributed by atoms with E-state index in [2.05, 4.69) is 149 Å². The number of fused-ring (bicyclic) bond motifs is 20. The van der Waals surface area contributed by atoms with Gasteiger partial charge in [-0.2, -0.15) is 10.5 Å². The molecule has 0 aliphatic heterocycles. The highest BCUT2D eigenvalue weighted by Crippen LogP contribution is 2.46. The molecule has 0 radical (unpaired) electrons. The van der Waals surface area contributed by atoms with Gasteiger partial charge in [-0.25, -0.2) is 0 Å². The van der Waals surface area contributed by atoms with Crippen LogP contribution in [0.5, 0.6) is 0 Å². The second-order valence-corrected chi connectivity index (χ2v) is 19.7. The molecule has 0 saturated carbocycles. The minimum absolute atomic E-state index is 0.251. The van der Waals surface area contributed by atoms with E-state index < -0.39 is 0 Å². The lowest BCUT2D eigenvalue weighted by atomic mass is 10.0. The van der Waals surface area contributed by atoms with E-state index in [0.717, 1.165) is 154 Å². The second kappa shape index (κ2) is 14.9. The largest absolute Gasteiger partial charge is 0.456 e. The summed E-state index contributed by atoms with van der Waals surface area (Å²) in [5, 5.41) is 34.4. The maximum absolute atomic E-state index is 11.2. The van der Waals surface area contributed by atoms with E-state index in [-0.39, 0.29) is 11.1 Å². The van der Waals surface area contributed by atoms with Gasteiger partial charge in [0.05, 0.1) is 49.7 Å². The molecule has 0 amide bonds. The Labute approximate surface area is 429 Å². The molecule has 17 rings (SSSR count). The molecule has 6 heterocycles. The zero-order chi connectivity index (χ0) is 49.9. The van der Waals surface area contributed by atoms with Gasteiger partial charge >= 0.3 is 0 Å². The van der Waals surface area contributed by atoms with Gasteiger partial charge in [0.1, 0.15) is 56.8 Å². The van der Waals surface area contributed by atoms with Gasteiger partial charge in [0, 0.05) is 59.5 Å². The summed E-state index contributed by atoms with van der Waals surface area (Å²) in [6, 6.07) is 75.5. The number of furan rings is 4. The van der Waals surface area contributed by atoms with Crippen molar-refractivity contribution in [2.45, 2.75) is 0 Å². The Balaban J connectivity index is 0.930. The van der Waals surface area contributed by atoms with Crippen molar-refractivity contribution in [1.29, 1.82) is 10.5 Å². The summed E-state index contributed by atoms with van der Waals surface area (Å²) in [7, 11) is 0. The lowest BCUT2D eigenvalue weighted by molar-refractivity contribution is 0.668. The average Bonchev–Trinajstić information content (AvgIpc) is 4.33. The highest BCUT2D eigenvalue weighted by molar-refractivity contribution is 6.26. The quantitative estimate of drug-likeness (QED) is 0.174. The van der Waals surface area contributed by atoms with Crippen LogP contribution in [0.1, 0.15) is 11.1 Å². The van der Waals surface area contributed by atoms with E-state index in [4.69, 9.17) is 17.7 Å². The summed E-state index contributed by atoms with van der Waals surface area (Å²) in [5.74, 6) is 0. The summed E-state index contributed by atoms with van der Waals surface area (Å²) in [4.78, 5) is 0. The predicted octanol–water partition coefficient (Wildman–Crippen LogP) is 18.6. The average molecular weight is 971 g/mol. The van der Waals surface area contributed by atoms with E-state index in [1.807, 2.05) is 78.9 Å². The minimum atomic E-state index is 0.251. The first-order valence-corrected chi connectivity index (χ1v) is 25.2. The molecule has 0 aliphatic rings. The highest BCUT2D eigenvalue weighted by Gasteiger charge is 2.26. The fraction of sp³-hybridized carbons (Fsp3) is 0. The van der Waals surface area contributed by atoms with Gasteiger partial charge in [-0.05, 0) is 131 Å². The third kappa shape index (κ3) is 5.48. The summed E-state index contributed by atoms with van der Waals surface area (Å²) in [5.41, 5.74) is 15.7. The van der Waals surface area contributed by atoms with Gasteiger partial charge in [-0.3, -0.25) is 0 Å². The highest BCUT2D eigenvalue weighted by atomic mass is 16.3. The van der Waals surface area contributed by atoms with Crippen molar-refractivity contribution in [3.63, 3.8) is 0 Å². The Hall–Kier alpha value is -10.8. The molecule has 0 spiro atoms. The molecule has 6 aromatic heterocycles. The van der Waals surface area contributed by atoms with Gasteiger partial charge < -0.3 is 26.8 Å². The molecular formula is C68H34N4O4. The molecule has 8 nitrogen and oxygen atoms in total. The maximum Gasteiger partial charge on any atom is 0.145 e. The van der Waals surface area contributed by atoms with E-state index in [0.29, 0.717) is 11.4 Å². The Bertz CT molecular complexity index is 5520. The molecule has 350 valence electrons. The lowest BCUT2D eigenvalue weighted by Crippen LogP contribution is -2.04. The second-order valence-electron chi connectivity index (χ2n) is 19.7. The van der Waals surface area contributed by atoms with Crippen LogP contribution in [0.4, 0.5) is 0 Å². The Morgan fingerprint density at radius 2 is 0.697 bits per heavy atom. The van der Waals surface area contributed by atoms with Crippen molar-refractivity contribution < 1.29 is 17.7 Å². The summed E-state index contributed by atoms with van der Waals surface area (Å²) < 4.78 is 30.7. The predicted molar refractivity (Wildman–Crippen MR) is 305 cm³/mol. The van der Waals surface area contributed by atoms with Crippen LogP contribution < -0.4 is 0 Å². The van der Waals surface area contributed by atoms with Crippen LogP contribution in [0.15, 0.2) is 224 Å². The Morgan fingerprint density at radius 3 is 1.20 bits per heavy atom. The molecule has 11 aromatic carbocycles. The first-order valence-electron chi connectivity index (χ1n) is 25.2. The number of benzene rings is 11. The molecule has 76 heavy (non-hydrogen) atoms. The fourth-order valence-electron chi connectivity index (χ4n) is 12.4. The summed E-state index contributed by atoms with van der Waals surface area (Å²) >= 11 is 0. The monoisotopic (exact) mass is 970 g/mol. The zero-order valence-electron chi connectivity index (χ0n) is 40.1. The number of nitriles is 2. The van der Waals surface area contributed by atoms with Crippen molar-refractivity contribution in [2.24, 2.45) is 0 Å². The van der Waals surface area contributed by atoms with Crippen molar-refractivity contribution in [1.82, 2.24) is 9.13 Å². The Morgan fingerprint density at radius 1 is 0.303 bits per heavy atom. The van der Waals surface area contributed by atoms with Gasteiger partial charge in [0.15, 0.2) is 0 Å². The van der Waals surface area contributed by atoms with Crippen molar-refractivity contribution >= 4 is 131 Å². The molecule has 0 unspecified atom stereocenters.